The van der Waals surface area contributed by atoms with Gasteiger partial charge in [0.05, 0.1) is 5.54 Å². The lowest BCUT2D eigenvalue weighted by Crippen LogP contribution is -2.60. The first-order valence-corrected chi connectivity index (χ1v) is 9.05. The molecule has 24 heavy (non-hydrogen) atoms. The minimum atomic E-state index is -0.327. The van der Waals surface area contributed by atoms with Crippen LogP contribution in [-0.2, 0) is 4.74 Å². The molecular formula is C20H30N2O2. The van der Waals surface area contributed by atoms with Gasteiger partial charge in [-0.2, -0.15) is 0 Å². The first-order valence-electron chi connectivity index (χ1n) is 9.05. The highest BCUT2D eigenvalue weighted by Gasteiger charge is 2.51. The zero-order valence-corrected chi connectivity index (χ0v) is 15.3. The molecule has 1 atom stereocenters. The standard InChI is InChI=1S/C20H30N2O2/c1-19(2,3)21-18(23)24-17(16-8-6-5-7-9-16)20-12-10-15(11-13-20)14-22(20)4/h5-9,15,17H,10-14H2,1-4H3,(H,21,23)/t15?,17-,20?/m0/s1. The predicted octanol–water partition coefficient (Wildman–Crippen LogP) is 4.13. The van der Waals surface area contributed by atoms with Crippen molar-refractivity contribution in [1.82, 2.24) is 10.2 Å². The summed E-state index contributed by atoms with van der Waals surface area (Å²) in [6, 6.07) is 10.2. The molecule has 1 aromatic rings. The van der Waals surface area contributed by atoms with Gasteiger partial charge in [-0.25, -0.2) is 4.79 Å². The van der Waals surface area contributed by atoms with Crippen molar-refractivity contribution in [3.63, 3.8) is 0 Å². The third kappa shape index (κ3) is 3.44. The van der Waals surface area contributed by atoms with Gasteiger partial charge in [-0.15, -0.1) is 0 Å². The Morgan fingerprint density at radius 1 is 1.25 bits per heavy atom. The van der Waals surface area contributed by atoms with Crippen LogP contribution in [0.1, 0.15) is 58.1 Å². The molecule has 0 unspecified atom stereocenters. The van der Waals surface area contributed by atoms with Crippen LogP contribution >= 0.6 is 0 Å². The zero-order chi connectivity index (χ0) is 17.4. The summed E-state index contributed by atoms with van der Waals surface area (Å²) in [6.07, 6.45) is 4.10. The van der Waals surface area contributed by atoms with Crippen molar-refractivity contribution < 1.29 is 9.53 Å². The number of piperidine rings is 2. The fraction of sp³-hybridized carbons (Fsp3) is 0.650. The number of amides is 1. The molecule has 1 amide bonds. The number of benzene rings is 1. The lowest BCUT2D eigenvalue weighted by molar-refractivity contribution is -0.100. The highest BCUT2D eigenvalue weighted by molar-refractivity contribution is 5.68. The van der Waals surface area contributed by atoms with Gasteiger partial charge in [0, 0.05) is 12.1 Å². The lowest BCUT2D eigenvalue weighted by atomic mass is 9.67. The molecule has 0 radical (unpaired) electrons. The SMILES string of the molecule is CN1CC2CCC1([C@@H](OC(=O)NC(C)(C)C)c1ccccc1)CC2. The maximum absolute atomic E-state index is 12.5. The molecule has 132 valence electrons. The van der Waals surface area contributed by atoms with Gasteiger partial charge in [0.25, 0.3) is 0 Å². The zero-order valence-electron chi connectivity index (χ0n) is 15.3. The summed E-state index contributed by atoms with van der Waals surface area (Å²) in [4.78, 5) is 14.9. The van der Waals surface area contributed by atoms with Crippen molar-refractivity contribution in [2.45, 2.75) is 63.6 Å². The van der Waals surface area contributed by atoms with Crippen molar-refractivity contribution in [3.05, 3.63) is 35.9 Å². The van der Waals surface area contributed by atoms with Crippen molar-refractivity contribution in [2.75, 3.05) is 13.6 Å². The van der Waals surface area contributed by atoms with Gasteiger partial charge in [-0.1, -0.05) is 30.3 Å². The highest BCUT2D eigenvalue weighted by atomic mass is 16.6. The number of nitrogens with zero attached hydrogens (tertiary/aromatic N) is 1. The molecule has 1 N–H and O–H groups in total. The number of fused-ring (bicyclic) bond motifs is 3. The van der Waals surface area contributed by atoms with Gasteiger partial charge >= 0.3 is 6.09 Å². The number of hydrogen-bond donors (Lipinski definition) is 1. The maximum Gasteiger partial charge on any atom is 0.408 e. The van der Waals surface area contributed by atoms with E-state index in [1.807, 2.05) is 39.0 Å². The van der Waals surface area contributed by atoms with Gasteiger partial charge in [-0.3, -0.25) is 4.90 Å². The van der Waals surface area contributed by atoms with E-state index in [1.54, 1.807) is 0 Å². The first-order chi connectivity index (χ1) is 11.3. The molecule has 2 saturated heterocycles. The minimum absolute atomic E-state index is 0.0780. The molecule has 4 rings (SSSR count). The third-order valence-electron chi connectivity index (χ3n) is 5.56. The fourth-order valence-electron chi connectivity index (χ4n) is 4.33. The van der Waals surface area contributed by atoms with Gasteiger partial charge < -0.3 is 10.1 Å². The van der Waals surface area contributed by atoms with E-state index in [0.29, 0.717) is 0 Å². The van der Waals surface area contributed by atoms with Crippen LogP contribution < -0.4 is 5.32 Å². The summed E-state index contributed by atoms with van der Waals surface area (Å²) in [5, 5.41) is 2.95. The van der Waals surface area contributed by atoms with E-state index in [2.05, 4.69) is 29.4 Å². The van der Waals surface area contributed by atoms with E-state index in [1.165, 1.54) is 12.8 Å². The monoisotopic (exact) mass is 330 g/mol. The second kappa shape index (κ2) is 6.40. The van der Waals surface area contributed by atoms with Crippen LogP contribution in [0.4, 0.5) is 4.79 Å². The van der Waals surface area contributed by atoms with Crippen LogP contribution in [0.15, 0.2) is 30.3 Å². The van der Waals surface area contributed by atoms with Gasteiger partial charge in [0.2, 0.25) is 0 Å². The molecule has 0 aromatic heterocycles. The Morgan fingerprint density at radius 3 is 2.42 bits per heavy atom. The normalized spacial score (nSPS) is 28.4. The minimum Gasteiger partial charge on any atom is -0.439 e. The van der Waals surface area contributed by atoms with Crippen molar-refractivity contribution in [1.29, 1.82) is 0 Å². The lowest BCUT2D eigenvalue weighted by Gasteiger charge is -2.56. The molecule has 1 aliphatic carbocycles. The van der Waals surface area contributed by atoms with Gasteiger partial charge in [0.15, 0.2) is 0 Å². The Kier molecular flexibility index (Phi) is 4.60. The summed E-state index contributed by atoms with van der Waals surface area (Å²) in [5.41, 5.74) is 0.714. The molecule has 2 aliphatic heterocycles. The van der Waals surface area contributed by atoms with E-state index in [-0.39, 0.29) is 23.3 Å². The molecule has 4 heteroatoms. The Balaban J connectivity index is 1.89. The highest BCUT2D eigenvalue weighted by Crippen LogP contribution is 2.50. The van der Waals surface area contributed by atoms with Crippen molar-refractivity contribution in [3.8, 4) is 0 Å². The van der Waals surface area contributed by atoms with Gasteiger partial charge in [-0.05, 0) is 65.0 Å². The molecule has 2 bridgehead atoms. The maximum atomic E-state index is 12.5. The average Bonchev–Trinajstić information content (AvgIpc) is 2.53. The number of carbonyl (C=O) groups is 1. The number of carbonyl (C=O) groups excluding carboxylic acids is 1. The number of ether oxygens (including phenoxy) is 1. The summed E-state index contributed by atoms with van der Waals surface area (Å²) in [7, 11) is 2.19. The van der Waals surface area contributed by atoms with E-state index >= 15 is 0 Å². The number of nitrogens with one attached hydrogen (secondary N) is 1. The average molecular weight is 330 g/mol. The number of alkyl carbamates (subject to hydrolysis) is 1. The molecule has 1 saturated carbocycles. The topological polar surface area (TPSA) is 41.6 Å². The molecular weight excluding hydrogens is 300 g/mol. The van der Waals surface area contributed by atoms with Crippen LogP contribution in [0.5, 0.6) is 0 Å². The first kappa shape index (κ1) is 17.3. The fourth-order valence-corrected chi connectivity index (χ4v) is 4.33. The number of rotatable bonds is 3. The Hall–Kier alpha value is -1.55. The van der Waals surface area contributed by atoms with Crippen molar-refractivity contribution >= 4 is 6.09 Å². The summed E-state index contributed by atoms with van der Waals surface area (Å²) in [5.74, 6) is 0.803. The van der Waals surface area contributed by atoms with Crippen LogP contribution in [0.2, 0.25) is 0 Å². The van der Waals surface area contributed by atoms with E-state index in [0.717, 1.165) is 30.9 Å². The number of likely N-dealkylation sites (N-methyl/N-ethyl adjacent to an activating group) is 1. The molecule has 3 fully saturated rings. The Bertz CT molecular complexity index is 571. The van der Waals surface area contributed by atoms with Crippen LogP contribution in [0, 0.1) is 5.92 Å². The Morgan fingerprint density at radius 2 is 1.88 bits per heavy atom. The van der Waals surface area contributed by atoms with Crippen LogP contribution in [-0.4, -0.2) is 35.7 Å². The summed E-state index contributed by atoms with van der Waals surface area (Å²) in [6.45, 7) is 7.03. The van der Waals surface area contributed by atoms with Gasteiger partial charge in [0.1, 0.15) is 6.10 Å². The summed E-state index contributed by atoms with van der Waals surface area (Å²) < 4.78 is 6.05. The quantitative estimate of drug-likeness (QED) is 0.906. The molecule has 4 nitrogen and oxygen atoms in total. The second-order valence-corrected chi connectivity index (χ2v) is 8.50. The van der Waals surface area contributed by atoms with Crippen molar-refractivity contribution in [2.24, 2.45) is 5.92 Å². The second-order valence-electron chi connectivity index (χ2n) is 8.50. The molecule has 3 aliphatic rings. The molecule has 0 spiro atoms. The Labute approximate surface area is 145 Å². The molecule has 2 heterocycles. The molecule has 1 aromatic carbocycles. The summed E-state index contributed by atoms with van der Waals surface area (Å²) >= 11 is 0. The van der Waals surface area contributed by atoms with Crippen LogP contribution in [0.25, 0.3) is 0 Å². The van der Waals surface area contributed by atoms with E-state index < -0.39 is 0 Å². The van der Waals surface area contributed by atoms with E-state index in [4.69, 9.17) is 4.74 Å². The third-order valence-corrected chi connectivity index (χ3v) is 5.56. The van der Waals surface area contributed by atoms with Crippen LogP contribution in [0.3, 0.4) is 0 Å². The van der Waals surface area contributed by atoms with E-state index in [9.17, 15) is 4.79 Å². The predicted molar refractivity (Wildman–Crippen MR) is 95.9 cm³/mol. The smallest absolute Gasteiger partial charge is 0.408 e. The number of hydrogen-bond acceptors (Lipinski definition) is 3. The largest absolute Gasteiger partial charge is 0.439 e.